The Morgan fingerprint density at radius 2 is 1.79 bits per heavy atom. The molecule has 3 heterocycles. The fourth-order valence-corrected chi connectivity index (χ4v) is 4.58. The van der Waals surface area contributed by atoms with Crippen LogP contribution in [-0.2, 0) is 11.2 Å². The molecule has 29 heavy (non-hydrogen) atoms. The van der Waals surface area contributed by atoms with E-state index < -0.39 is 0 Å². The van der Waals surface area contributed by atoms with Crippen molar-refractivity contribution in [3.63, 3.8) is 0 Å². The van der Waals surface area contributed by atoms with Crippen LogP contribution in [0.2, 0.25) is 0 Å². The summed E-state index contributed by atoms with van der Waals surface area (Å²) in [4.78, 5) is 21.6. The molecule has 1 aliphatic rings. The van der Waals surface area contributed by atoms with Crippen molar-refractivity contribution in [1.82, 2.24) is 14.9 Å². The van der Waals surface area contributed by atoms with Crippen molar-refractivity contribution in [3.8, 4) is 5.75 Å². The molecule has 2 aromatic carbocycles. The number of nitrogens with zero attached hydrogens (tertiary/aromatic N) is 1. The molecule has 0 radical (unpaired) electrons. The van der Waals surface area contributed by atoms with E-state index in [-0.39, 0.29) is 5.91 Å². The minimum Gasteiger partial charge on any atom is -0.497 e. The summed E-state index contributed by atoms with van der Waals surface area (Å²) in [6.45, 7) is 1.62. The Morgan fingerprint density at radius 1 is 1.03 bits per heavy atom. The second kappa shape index (κ2) is 7.32. The fraction of sp³-hybridized carbons (Fsp3) is 0.292. The lowest BCUT2D eigenvalue weighted by atomic mass is 9.89. The van der Waals surface area contributed by atoms with Gasteiger partial charge < -0.3 is 19.6 Å². The number of hydrogen-bond donors (Lipinski definition) is 2. The first-order chi connectivity index (χ1) is 14.2. The first kappa shape index (κ1) is 17.9. The number of carbonyl (C=O) groups excluding carboxylic acids is 1. The Hall–Kier alpha value is -3.21. The predicted octanol–water partition coefficient (Wildman–Crippen LogP) is 4.61. The highest BCUT2D eigenvalue weighted by Crippen LogP contribution is 2.35. The molecule has 0 saturated carbocycles. The van der Waals surface area contributed by atoms with E-state index in [9.17, 15) is 4.79 Å². The number of carbonyl (C=O) groups is 1. The number of amides is 1. The summed E-state index contributed by atoms with van der Waals surface area (Å²) in [6.07, 6.45) is 6.53. The van der Waals surface area contributed by atoms with E-state index in [4.69, 9.17) is 4.74 Å². The average Bonchev–Trinajstić information content (AvgIpc) is 3.37. The summed E-state index contributed by atoms with van der Waals surface area (Å²) in [6, 6.07) is 14.3. The Morgan fingerprint density at radius 3 is 2.62 bits per heavy atom. The molecule has 0 aliphatic carbocycles. The number of nitrogens with one attached hydrogen (secondary N) is 2. The zero-order valence-corrected chi connectivity index (χ0v) is 16.6. The van der Waals surface area contributed by atoms with Crippen LogP contribution in [0, 0.1) is 0 Å². The number of likely N-dealkylation sites (tertiary alicyclic amines) is 1. The van der Waals surface area contributed by atoms with Crippen LogP contribution in [0.4, 0.5) is 0 Å². The summed E-state index contributed by atoms with van der Waals surface area (Å²) < 4.78 is 5.39. The zero-order valence-electron chi connectivity index (χ0n) is 16.6. The maximum absolute atomic E-state index is 12.9. The number of piperidine rings is 1. The predicted molar refractivity (Wildman–Crippen MR) is 115 cm³/mol. The number of methoxy groups -OCH3 is 1. The Kier molecular flexibility index (Phi) is 4.51. The van der Waals surface area contributed by atoms with Crippen molar-refractivity contribution in [1.29, 1.82) is 0 Å². The molecule has 0 bridgehead atoms. The molecule has 1 aliphatic heterocycles. The van der Waals surface area contributed by atoms with Crippen LogP contribution in [0.1, 0.15) is 29.9 Å². The largest absolute Gasteiger partial charge is 0.497 e. The summed E-state index contributed by atoms with van der Waals surface area (Å²) in [5.41, 5.74) is 4.64. The van der Waals surface area contributed by atoms with Crippen LogP contribution in [0.15, 0.2) is 54.9 Å². The van der Waals surface area contributed by atoms with Crippen LogP contribution < -0.4 is 4.74 Å². The molecule has 1 fully saturated rings. The lowest BCUT2D eigenvalue weighted by Gasteiger charge is -2.32. The van der Waals surface area contributed by atoms with Gasteiger partial charge in [0.05, 0.1) is 13.5 Å². The van der Waals surface area contributed by atoms with Crippen LogP contribution in [-0.4, -0.2) is 41.0 Å². The number of rotatable bonds is 4. The van der Waals surface area contributed by atoms with Gasteiger partial charge in [-0.3, -0.25) is 4.79 Å². The summed E-state index contributed by atoms with van der Waals surface area (Å²) >= 11 is 0. The number of fused-ring (bicyclic) bond motifs is 2. The number of aromatic amines is 2. The van der Waals surface area contributed by atoms with Gasteiger partial charge in [-0.1, -0.05) is 18.2 Å². The van der Waals surface area contributed by atoms with Crippen molar-refractivity contribution >= 4 is 27.7 Å². The molecule has 0 spiro atoms. The molecule has 5 heteroatoms. The van der Waals surface area contributed by atoms with E-state index in [1.807, 2.05) is 35.4 Å². The third-order valence-electron chi connectivity index (χ3n) is 6.22. The van der Waals surface area contributed by atoms with Crippen LogP contribution >= 0.6 is 0 Å². The smallest absolute Gasteiger partial charge is 0.227 e. The van der Waals surface area contributed by atoms with Gasteiger partial charge in [-0.25, -0.2) is 0 Å². The van der Waals surface area contributed by atoms with Crippen molar-refractivity contribution in [2.45, 2.75) is 25.2 Å². The van der Waals surface area contributed by atoms with Gasteiger partial charge in [0.2, 0.25) is 5.91 Å². The van der Waals surface area contributed by atoms with Gasteiger partial charge in [0.15, 0.2) is 0 Å². The Bertz CT molecular complexity index is 1170. The molecule has 1 amide bonds. The van der Waals surface area contributed by atoms with Gasteiger partial charge in [0.1, 0.15) is 5.75 Å². The van der Waals surface area contributed by atoms with Crippen molar-refractivity contribution in [3.05, 3.63) is 66.0 Å². The maximum atomic E-state index is 12.9. The molecule has 2 N–H and O–H groups in total. The molecule has 0 atom stereocenters. The number of benzene rings is 2. The fourth-order valence-electron chi connectivity index (χ4n) is 4.58. The molecule has 0 unspecified atom stereocenters. The molecule has 2 aromatic heterocycles. The SMILES string of the molecule is COc1ccc2[nH]cc(C3CCN(C(=O)Cc4c[nH]c5ccccc45)CC3)c2c1. The molecule has 1 saturated heterocycles. The molecule has 5 nitrogen and oxygen atoms in total. The minimum absolute atomic E-state index is 0.216. The van der Waals surface area contributed by atoms with E-state index >= 15 is 0 Å². The quantitative estimate of drug-likeness (QED) is 0.537. The number of H-pyrrole nitrogens is 2. The number of aromatic nitrogens is 2. The van der Waals surface area contributed by atoms with E-state index in [1.165, 1.54) is 10.9 Å². The van der Waals surface area contributed by atoms with Gasteiger partial charge in [-0.2, -0.15) is 0 Å². The number of ether oxygens (including phenoxy) is 1. The van der Waals surface area contributed by atoms with E-state index in [0.717, 1.165) is 53.7 Å². The zero-order chi connectivity index (χ0) is 19.8. The van der Waals surface area contributed by atoms with E-state index in [0.29, 0.717) is 12.3 Å². The van der Waals surface area contributed by atoms with E-state index in [1.54, 1.807) is 7.11 Å². The second-order valence-electron chi connectivity index (χ2n) is 7.85. The highest BCUT2D eigenvalue weighted by Gasteiger charge is 2.26. The third kappa shape index (κ3) is 3.27. The van der Waals surface area contributed by atoms with Crippen LogP contribution in [0.3, 0.4) is 0 Å². The maximum Gasteiger partial charge on any atom is 0.227 e. The highest BCUT2D eigenvalue weighted by molar-refractivity contribution is 5.89. The molecule has 5 rings (SSSR count). The first-order valence-electron chi connectivity index (χ1n) is 10.2. The van der Waals surface area contributed by atoms with Gasteiger partial charge in [-0.05, 0) is 54.2 Å². The average molecular weight is 387 g/mol. The Labute approximate surface area is 169 Å². The molecule has 148 valence electrons. The molecular weight excluding hydrogens is 362 g/mol. The summed E-state index contributed by atoms with van der Waals surface area (Å²) in [5, 5.41) is 2.37. The van der Waals surface area contributed by atoms with Gasteiger partial charge >= 0.3 is 0 Å². The third-order valence-corrected chi connectivity index (χ3v) is 6.22. The summed E-state index contributed by atoms with van der Waals surface area (Å²) in [7, 11) is 1.70. The van der Waals surface area contributed by atoms with Crippen molar-refractivity contribution in [2.75, 3.05) is 20.2 Å². The van der Waals surface area contributed by atoms with Gasteiger partial charge in [-0.15, -0.1) is 0 Å². The normalized spacial score (nSPS) is 15.3. The van der Waals surface area contributed by atoms with Crippen LogP contribution in [0.5, 0.6) is 5.75 Å². The topological polar surface area (TPSA) is 61.1 Å². The minimum atomic E-state index is 0.216. The second-order valence-corrected chi connectivity index (χ2v) is 7.85. The van der Waals surface area contributed by atoms with Crippen molar-refractivity contribution in [2.24, 2.45) is 0 Å². The first-order valence-corrected chi connectivity index (χ1v) is 10.2. The standard InChI is InChI=1S/C24H25N3O2/c1-29-18-6-7-23-20(13-18)21(15-26-23)16-8-10-27(11-9-16)24(28)12-17-14-25-22-5-3-2-4-19(17)22/h2-7,13-16,25-26H,8-12H2,1H3. The number of para-hydroxylation sites is 1. The lowest BCUT2D eigenvalue weighted by molar-refractivity contribution is -0.131. The molecular formula is C24H25N3O2. The van der Waals surface area contributed by atoms with E-state index in [2.05, 4.69) is 34.4 Å². The highest BCUT2D eigenvalue weighted by atomic mass is 16.5. The summed E-state index contributed by atoms with van der Waals surface area (Å²) in [5.74, 6) is 1.56. The monoisotopic (exact) mass is 387 g/mol. The lowest BCUT2D eigenvalue weighted by Crippen LogP contribution is -2.38. The van der Waals surface area contributed by atoms with Gasteiger partial charge in [0, 0.05) is 47.3 Å². The Balaban J connectivity index is 1.27. The van der Waals surface area contributed by atoms with Crippen LogP contribution in [0.25, 0.3) is 21.8 Å². The number of hydrogen-bond acceptors (Lipinski definition) is 2. The van der Waals surface area contributed by atoms with Crippen molar-refractivity contribution < 1.29 is 9.53 Å². The van der Waals surface area contributed by atoms with Gasteiger partial charge in [0.25, 0.3) is 0 Å². The molecule has 4 aromatic rings.